The van der Waals surface area contributed by atoms with Gasteiger partial charge in [0.2, 0.25) is 5.91 Å². The van der Waals surface area contributed by atoms with Crippen LogP contribution in [0.5, 0.6) is 11.5 Å². The van der Waals surface area contributed by atoms with Crippen LogP contribution in [0.4, 0.5) is 0 Å². The third kappa shape index (κ3) is 4.23. The lowest BCUT2D eigenvalue weighted by Crippen LogP contribution is -2.27. The number of hydrogen-bond donors (Lipinski definition) is 2. The number of carbonyl (C=O) groups is 1. The third-order valence-corrected chi connectivity index (χ3v) is 4.74. The second kappa shape index (κ2) is 8.52. The first-order valence-corrected chi connectivity index (χ1v) is 8.94. The number of fused-ring (bicyclic) bond motifs is 1. The molecule has 0 saturated heterocycles. The van der Waals surface area contributed by atoms with E-state index in [-0.39, 0.29) is 11.7 Å². The van der Waals surface area contributed by atoms with Crippen molar-refractivity contribution in [1.29, 1.82) is 0 Å². The molecule has 0 bridgehead atoms. The van der Waals surface area contributed by atoms with Gasteiger partial charge in [-0.2, -0.15) is 5.10 Å². The lowest BCUT2D eigenvalue weighted by Gasteiger charge is -2.10. The van der Waals surface area contributed by atoms with Crippen molar-refractivity contribution in [3.05, 3.63) is 36.3 Å². The van der Waals surface area contributed by atoms with Crippen molar-refractivity contribution in [3.8, 4) is 11.5 Å². The van der Waals surface area contributed by atoms with Crippen LogP contribution in [0, 0.1) is 0 Å². The second-order valence-electron chi connectivity index (χ2n) is 5.39. The van der Waals surface area contributed by atoms with E-state index in [1.54, 1.807) is 20.4 Å². The van der Waals surface area contributed by atoms with Crippen LogP contribution >= 0.6 is 11.8 Å². The Hall–Kier alpha value is -2.81. The third-order valence-electron chi connectivity index (χ3n) is 3.74. The first-order chi connectivity index (χ1) is 12.7. The van der Waals surface area contributed by atoms with Gasteiger partial charge in [0.25, 0.3) is 0 Å². The Kier molecular flexibility index (Phi) is 5.90. The predicted molar refractivity (Wildman–Crippen MR) is 98.7 cm³/mol. The molecule has 2 aromatic heterocycles. The molecule has 0 fully saturated rings. The minimum Gasteiger partial charge on any atom is -0.493 e. The number of methoxy groups -OCH3 is 2. The number of hydrogen-bond acceptors (Lipinski definition) is 7. The van der Waals surface area contributed by atoms with Gasteiger partial charge in [-0.3, -0.25) is 9.89 Å². The van der Waals surface area contributed by atoms with Crippen molar-refractivity contribution in [2.24, 2.45) is 0 Å². The zero-order valence-corrected chi connectivity index (χ0v) is 15.3. The number of nitrogens with one attached hydrogen (secondary N) is 2. The van der Waals surface area contributed by atoms with Gasteiger partial charge < -0.3 is 14.8 Å². The molecule has 0 aliphatic carbocycles. The molecule has 0 spiro atoms. The Labute approximate surface area is 154 Å². The molecule has 9 heteroatoms. The summed E-state index contributed by atoms with van der Waals surface area (Å²) in [6.07, 6.45) is 3.82. The van der Waals surface area contributed by atoms with Gasteiger partial charge in [0.1, 0.15) is 11.4 Å². The molecular weight excluding hydrogens is 354 g/mol. The predicted octanol–water partition coefficient (Wildman–Crippen LogP) is 1.82. The van der Waals surface area contributed by atoms with E-state index < -0.39 is 0 Å². The summed E-state index contributed by atoms with van der Waals surface area (Å²) < 4.78 is 10.5. The minimum atomic E-state index is -0.0502. The number of aromatic amines is 1. The number of carbonyl (C=O) groups excluding carboxylic acids is 1. The maximum Gasteiger partial charge on any atom is 0.230 e. The van der Waals surface area contributed by atoms with E-state index in [1.165, 1.54) is 18.1 Å². The fraction of sp³-hybridized carbons (Fsp3) is 0.294. The highest BCUT2D eigenvalue weighted by Gasteiger charge is 2.09. The Morgan fingerprint density at radius 3 is 2.88 bits per heavy atom. The van der Waals surface area contributed by atoms with Crippen LogP contribution in [0.3, 0.4) is 0 Å². The minimum absolute atomic E-state index is 0.0502. The number of rotatable bonds is 8. The normalized spacial score (nSPS) is 10.7. The molecule has 1 amide bonds. The van der Waals surface area contributed by atoms with E-state index in [2.05, 4.69) is 25.5 Å². The molecule has 0 unspecified atom stereocenters. The monoisotopic (exact) mass is 373 g/mol. The van der Waals surface area contributed by atoms with Crippen molar-refractivity contribution < 1.29 is 14.3 Å². The van der Waals surface area contributed by atoms with Gasteiger partial charge in [-0.25, -0.2) is 9.97 Å². The lowest BCUT2D eigenvalue weighted by molar-refractivity contribution is -0.118. The van der Waals surface area contributed by atoms with Gasteiger partial charge in [-0.1, -0.05) is 17.8 Å². The van der Waals surface area contributed by atoms with E-state index in [0.717, 1.165) is 16.0 Å². The van der Waals surface area contributed by atoms with Crippen molar-refractivity contribution in [3.63, 3.8) is 0 Å². The first kappa shape index (κ1) is 18.0. The van der Waals surface area contributed by atoms with Gasteiger partial charge >= 0.3 is 0 Å². The number of benzene rings is 1. The molecule has 8 nitrogen and oxygen atoms in total. The Morgan fingerprint density at radius 1 is 1.23 bits per heavy atom. The van der Waals surface area contributed by atoms with Crippen molar-refractivity contribution in [1.82, 2.24) is 25.5 Å². The SMILES string of the molecule is COc1ccc(CCNC(=O)CSc2ncnc3[nH]ncc23)cc1OC. The van der Waals surface area contributed by atoms with Crippen molar-refractivity contribution in [2.45, 2.75) is 11.4 Å². The zero-order valence-electron chi connectivity index (χ0n) is 14.5. The van der Waals surface area contributed by atoms with Crippen LogP contribution in [0.1, 0.15) is 5.56 Å². The molecule has 26 heavy (non-hydrogen) atoms. The number of nitrogens with zero attached hydrogens (tertiary/aromatic N) is 3. The molecule has 0 radical (unpaired) electrons. The number of ether oxygens (including phenoxy) is 2. The Balaban J connectivity index is 1.48. The summed E-state index contributed by atoms with van der Waals surface area (Å²) >= 11 is 1.36. The fourth-order valence-electron chi connectivity index (χ4n) is 2.43. The molecule has 2 heterocycles. The molecule has 0 atom stereocenters. The average Bonchev–Trinajstić information content (AvgIpc) is 3.15. The standard InChI is InChI=1S/C17H19N5O3S/c1-24-13-4-3-11(7-14(13)25-2)5-6-18-15(23)9-26-17-12-8-21-22-16(12)19-10-20-17/h3-4,7-8,10H,5-6,9H2,1-2H3,(H,18,23)(H,19,20,21,22). The molecule has 0 saturated carbocycles. The number of aromatic nitrogens is 4. The van der Waals surface area contributed by atoms with Gasteiger partial charge in [-0.15, -0.1) is 0 Å². The molecule has 3 rings (SSSR count). The largest absolute Gasteiger partial charge is 0.493 e. The first-order valence-electron chi connectivity index (χ1n) is 7.95. The zero-order chi connectivity index (χ0) is 18.4. The van der Waals surface area contributed by atoms with E-state index in [9.17, 15) is 4.79 Å². The number of H-pyrrole nitrogens is 1. The smallest absolute Gasteiger partial charge is 0.230 e. The van der Waals surface area contributed by atoms with Gasteiger partial charge in [-0.05, 0) is 24.1 Å². The number of thioether (sulfide) groups is 1. The molecule has 0 aliphatic rings. The molecule has 136 valence electrons. The molecule has 3 aromatic rings. The summed E-state index contributed by atoms with van der Waals surface area (Å²) in [5, 5.41) is 11.2. The number of amides is 1. The summed E-state index contributed by atoms with van der Waals surface area (Å²) in [6, 6.07) is 5.73. The van der Waals surface area contributed by atoms with Gasteiger partial charge in [0.05, 0.1) is 31.6 Å². The van der Waals surface area contributed by atoms with Crippen LogP contribution in [-0.4, -0.2) is 52.6 Å². The van der Waals surface area contributed by atoms with E-state index in [4.69, 9.17) is 9.47 Å². The quantitative estimate of drug-likeness (QED) is 0.459. The lowest BCUT2D eigenvalue weighted by atomic mass is 10.1. The Morgan fingerprint density at radius 2 is 2.08 bits per heavy atom. The summed E-state index contributed by atoms with van der Waals surface area (Å²) in [4.78, 5) is 20.3. The van der Waals surface area contributed by atoms with Crippen molar-refractivity contribution in [2.75, 3.05) is 26.5 Å². The van der Waals surface area contributed by atoms with Crippen LogP contribution in [-0.2, 0) is 11.2 Å². The van der Waals surface area contributed by atoms with Crippen LogP contribution in [0.2, 0.25) is 0 Å². The second-order valence-corrected chi connectivity index (χ2v) is 6.35. The molecule has 2 N–H and O–H groups in total. The van der Waals surface area contributed by atoms with E-state index >= 15 is 0 Å². The van der Waals surface area contributed by atoms with Crippen LogP contribution in [0.15, 0.2) is 35.7 Å². The summed E-state index contributed by atoms with van der Waals surface area (Å²) in [7, 11) is 3.20. The topological polar surface area (TPSA) is 102 Å². The fourth-order valence-corrected chi connectivity index (χ4v) is 3.22. The van der Waals surface area contributed by atoms with E-state index in [1.807, 2.05) is 18.2 Å². The highest BCUT2D eigenvalue weighted by molar-refractivity contribution is 8.00. The summed E-state index contributed by atoms with van der Waals surface area (Å²) in [5.74, 6) is 1.60. The van der Waals surface area contributed by atoms with Crippen LogP contribution < -0.4 is 14.8 Å². The summed E-state index contributed by atoms with van der Waals surface area (Å²) in [6.45, 7) is 0.541. The maximum atomic E-state index is 12.1. The van der Waals surface area contributed by atoms with E-state index in [0.29, 0.717) is 30.1 Å². The average molecular weight is 373 g/mol. The van der Waals surface area contributed by atoms with Crippen LogP contribution in [0.25, 0.3) is 11.0 Å². The molecule has 0 aliphatic heterocycles. The highest BCUT2D eigenvalue weighted by atomic mass is 32.2. The van der Waals surface area contributed by atoms with Crippen molar-refractivity contribution >= 4 is 28.7 Å². The summed E-state index contributed by atoms with van der Waals surface area (Å²) in [5.41, 5.74) is 1.72. The van der Waals surface area contributed by atoms with Gasteiger partial charge in [0, 0.05) is 6.54 Å². The maximum absolute atomic E-state index is 12.1. The molecular formula is C17H19N5O3S. The van der Waals surface area contributed by atoms with Gasteiger partial charge in [0.15, 0.2) is 17.1 Å². The Bertz CT molecular complexity index is 899. The molecule has 1 aromatic carbocycles. The highest BCUT2D eigenvalue weighted by Crippen LogP contribution is 2.27.